The zero-order chi connectivity index (χ0) is 22.7. The molecule has 160 valence electrons. The van der Waals surface area contributed by atoms with Crippen LogP contribution >= 0.6 is 11.8 Å². The summed E-state index contributed by atoms with van der Waals surface area (Å²) in [6.45, 7) is 0. The number of anilines is 2. The third kappa shape index (κ3) is 4.52. The molecule has 4 rings (SSSR count). The standard InChI is InChI=1S/C23H17N3O5S/c27-21-14-20(23(29)25(21)17-4-2-1-3-5-17)32-19-12-8-16(9-13-19)24-22(28)15-6-10-18(11-7-15)26(30)31/h1-13,20H,14H2,(H,24,28). The fourth-order valence-corrected chi connectivity index (χ4v) is 4.32. The lowest BCUT2D eigenvalue weighted by molar-refractivity contribution is -0.384. The maximum absolute atomic E-state index is 12.7. The second kappa shape index (κ2) is 9.03. The number of nitrogens with zero attached hydrogens (tertiary/aromatic N) is 2. The second-order valence-electron chi connectivity index (χ2n) is 7.00. The van der Waals surface area contributed by atoms with Gasteiger partial charge in [0.15, 0.2) is 0 Å². The first kappa shape index (κ1) is 21.3. The monoisotopic (exact) mass is 447 g/mol. The van der Waals surface area contributed by atoms with E-state index in [2.05, 4.69) is 5.32 Å². The second-order valence-corrected chi connectivity index (χ2v) is 8.27. The summed E-state index contributed by atoms with van der Waals surface area (Å²) < 4.78 is 0. The quantitative estimate of drug-likeness (QED) is 0.343. The van der Waals surface area contributed by atoms with Crippen LogP contribution in [0, 0.1) is 10.1 Å². The number of imide groups is 1. The average molecular weight is 447 g/mol. The number of para-hydroxylation sites is 1. The van der Waals surface area contributed by atoms with E-state index in [1.807, 2.05) is 6.07 Å². The van der Waals surface area contributed by atoms with Gasteiger partial charge in [0.1, 0.15) is 0 Å². The SMILES string of the molecule is O=C(Nc1ccc(SC2CC(=O)N(c3ccccc3)C2=O)cc1)c1ccc([N+](=O)[O-])cc1. The molecule has 8 nitrogen and oxygen atoms in total. The van der Waals surface area contributed by atoms with Crippen molar-refractivity contribution in [3.8, 4) is 0 Å². The highest BCUT2D eigenvalue weighted by Gasteiger charge is 2.40. The van der Waals surface area contributed by atoms with Crippen LogP contribution in [0.15, 0.2) is 83.8 Å². The van der Waals surface area contributed by atoms with Gasteiger partial charge in [0.05, 0.1) is 15.9 Å². The molecule has 0 spiro atoms. The van der Waals surface area contributed by atoms with E-state index in [-0.39, 0.29) is 23.9 Å². The van der Waals surface area contributed by atoms with Crippen molar-refractivity contribution in [2.75, 3.05) is 10.2 Å². The third-order valence-corrected chi connectivity index (χ3v) is 6.05. The topological polar surface area (TPSA) is 110 Å². The Morgan fingerprint density at radius 1 is 0.969 bits per heavy atom. The van der Waals surface area contributed by atoms with Gasteiger partial charge >= 0.3 is 0 Å². The van der Waals surface area contributed by atoms with Crippen LogP contribution in [0.3, 0.4) is 0 Å². The molecular weight excluding hydrogens is 430 g/mol. The summed E-state index contributed by atoms with van der Waals surface area (Å²) >= 11 is 1.30. The molecule has 0 bridgehead atoms. The minimum Gasteiger partial charge on any atom is -0.322 e. The van der Waals surface area contributed by atoms with E-state index in [0.29, 0.717) is 16.9 Å². The van der Waals surface area contributed by atoms with Gasteiger partial charge in [0.25, 0.3) is 11.6 Å². The molecule has 0 aromatic heterocycles. The lowest BCUT2D eigenvalue weighted by Crippen LogP contribution is -2.30. The van der Waals surface area contributed by atoms with Gasteiger partial charge in [0.2, 0.25) is 11.8 Å². The summed E-state index contributed by atoms with van der Waals surface area (Å²) in [5.41, 5.74) is 1.31. The van der Waals surface area contributed by atoms with Crippen molar-refractivity contribution in [2.24, 2.45) is 0 Å². The van der Waals surface area contributed by atoms with Crippen LogP contribution in [-0.2, 0) is 9.59 Å². The predicted molar refractivity (Wildman–Crippen MR) is 121 cm³/mol. The molecule has 1 aliphatic heterocycles. The Hall–Kier alpha value is -3.98. The zero-order valence-electron chi connectivity index (χ0n) is 16.6. The molecule has 0 radical (unpaired) electrons. The first-order valence-corrected chi connectivity index (χ1v) is 10.5. The van der Waals surface area contributed by atoms with E-state index in [4.69, 9.17) is 0 Å². The van der Waals surface area contributed by atoms with Crippen molar-refractivity contribution < 1.29 is 19.3 Å². The summed E-state index contributed by atoms with van der Waals surface area (Å²) in [7, 11) is 0. The number of rotatable bonds is 6. The maximum atomic E-state index is 12.7. The molecule has 3 amide bonds. The minimum absolute atomic E-state index is 0.0892. The van der Waals surface area contributed by atoms with E-state index in [9.17, 15) is 24.5 Å². The smallest absolute Gasteiger partial charge is 0.269 e. The molecule has 1 atom stereocenters. The lowest BCUT2D eigenvalue weighted by atomic mass is 10.2. The Morgan fingerprint density at radius 2 is 1.62 bits per heavy atom. The van der Waals surface area contributed by atoms with Gasteiger partial charge in [0, 0.05) is 34.7 Å². The Balaban J connectivity index is 1.39. The van der Waals surface area contributed by atoms with Crippen molar-refractivity contribution in [3.05, 3.63) is 94.5 Å². The molecule has 3 aromatic carbocycles. The van der Waals surface area contributed by atoms with Gasteiger partial charge in [-0.2, -0.15) is 0 Å². The molecular formula is C23H17N3O5S. The van der Waals surface area contributed by atoms with Gasteiger partial charge in [-0.1, -0.05) is 18.2 Å². The third-order valence-electron chi connectivity index (χ3n) is 4.85. The number of nitrogens with one attached hydrogen (secondary N) is 1. The van der Waals surface area contributed by atoms with Crippen molar-refractivity contribution in [1.82, 2.24) is 0 Å². The van der Waals surface area contributed by atoms with Crippen LogP contribution in [0.1, 0.15) is 16.8 Å². The fourth-order valence-electron chi connectivity index (χ4n) is 3.26. The fraction of sp³-hybridized carbons (Fsp3) is 0.0870. The number of amides is 3. The number of carbonyl (C=O) groups is 3. The summed E-state index contributed by atoms with van der Waals surface area (Å²) in [6, 6.07) is 21.1. The maximum Gasteiger partial charge on any atom is 0.269 e. The van der Waals surface area contributed by atoms with Gasteiger partial charge in [-0.15, -0.1) is 11.8 Å². The number of thioether (sulfide) groups is 1. The molecule has 0 saturated carbocycles. The van der Waals surface area contributed by atoms with Crippen LogP contribution in [0.25, 0.3) is 0 Å². The van der Waals surface area contributed by atoms with Crippen molar-refractivity contribution >= 4 is 46.5 Å². The minimum atomic E-state index is -0.528. The van der Waals surface area contributed by atoms with Gasteiger partial charge in [-0.25, -0.2) is 4.90 Å². The van der Waals surface area contributed by atoms with Crippen LogP contribution in [0.5, 0.6) is 0 Å². The van der Waals surface area contributed by atoms with Gasteiger partial charge in [-0.05, 0) is 48.5 Å². The molecule has 1 N–H and O–H groups in total. The lowest BCUT2D eigenvalue weighted by Gasteiger charge is -2.14. The van der Waals surface area contributed by atoms with E-state index >= 15 is 0 Å². The number of non-ortho nitro benzene ring substituents is 1. The summed E-state index contributed by atoms with van der Waals surface area (Å²) in [4.78, 5) is 49.6. The Morgan fingerprint density at radius 3 is 2.25 bits per heavy atom. The van der Waals surface area contributed by atoms with Gasteiger partial charge < -0.3 is 5.32 Å². The number of hydrogen-bond acceptors (Lipinski definition) is 6. The van der Waals surface area contributed by atoms with Crippen molar-refractivity contribution in [3.63, 3.8) is 0 Å². The molecule has 3 aromatic rings. The Bertz CT molecular complexity index is 1180. The molecule has 32 heavy (non-hydrogen) atoms. The van der Waals surface area contributed by atoms with Gasteiger partial charge in [-0.3, -0.25) is 24.5 Å². The zero-order valence-corrected chi connectivity index (χ0v) is 17.5. The summed E-state index contributed by atoms with van der Waals surface area (Å²) in [6.07, 6.45) is 0.122. The first-order chi connectivity index (χ1) is 15.4. The van der Waals surface area contributed by atoms with Crippen LogP contribution < -0.4 is 10.2 Å². The molecule has 0 aliphatic carbocycles. The Labute approximate surface area is 187 Å². The van der Waals surface area contributed by atoms with E-state index in [1.165, 1.54) is 40.9 Å². The first-order valence-electron chi connectivity index (χ1n) is 9.67. The van der Waals surface area contributed by atoms with E-state index in [0.717, 1.165) is 4.90 Å². The number of nitro benzene ring substituents is 1. The Kier molecular flexibility index (Phi) is 6.00. The van der Waals surface area contributed by atoms with Crippen LogP contribution in [-0.4, -0.2) is 27.9 Å². The molecule has 1 saturated heterocycles. The highest BCUT2D eigenvalue weighted by molar-refractivity contribution is 8.00. The number of hydrogen-bond donors (Lipinski definition) is 1. The average Bonchev–Trinajstić information content (AvgIpc) is 3.08. The van der Waals surface area contributed by atoms with Crippen LogP contribution in [0.4, 0.5) is 17.1 Å². The number of benzene rings is 3. The summed E-state index contributed by atoms with van der Waals surface area (Å²) in [5, 5.41) is 12.9. The van der Waals surface area contributed by atoms with Crippen molar-refractivity contribution in [2.45, 2.75) is 16.6 Å². The molecule has 9 heteroatoms. The predicted octanol–water partition coefficient (Wildman–Crippen LogP) is 4.27. The number of nitro groups is 1. The molecule has 1 unspecified atom stereocenters. The largest absolute Gasteiger partial charge is 0.322 e. The molecule has 1 aliphatic rings. The molecule has 1 fully saturated rings. The highest BCUT2D eigenvalue weighted by Crippen LogP contribution is 2.34. The van der Waals surface area contributed by atoms with Crippen LogP contribution in [0.2, 0.25) is 0 Å². The summed E-state index contributed by atoms with van der Waals surface area (Å²) in [5.74, 6) is -0.872. The highest BCUT2D eigenvalue weighted by atomic mass is 32.2. The van der Waals surface area contributed by atoms with E-state index < -0.39 is 16.1 Å². The number of carbonyl (C=O) groups excluding carboxylic acids is 3. The molecule has 1 heterocycles. The van der Waals surface area contributed by atoms with E-state index in [1.54, 1.807) is 48.5 Å². The van der Waals surface area contributed by atoms with Crippen molar-refractivity contribution in [1.29, 1.82) is 0 Å². The normalized spacial score (nSPS) is 15.6.